The fourth-order valence-corrected chi connectivity index (χ4v) is 4.06. The Balaban J connectivity index is 0.00000240. The topological polar surface area (TPSA) is 78.6 Å². The molecule has 4 N–H and O–H groups in total. The molecule has 0 radical (unpaired) electrons. The smallest absolute Gasteiger partial charge is 0.209 e. The fraction of sp³-hybridized carbons (Fsp3) is 0.238. The Bertz CT molecular complexity index is 1080. The zero-order valence-corrected chi connectivity index (χ0v) is 19.8. The van der Waals surface area contributed by atoms with E-state index in [4.69, 9.17) is 28.9 Å². The standard InChI is InChI=1S/C21H21Cl2N5.HI/c1-12-8-9-18-14(10-12)13-4-2-7-19(20(13)26-18)27-28-21(24)25-11-15-16(22)5-3-6-17(15)23;/h3,5-6,8-10,26H,2,4,7,11H2,1H3,(H3,24,25,28);1H/b27-19-;. The summed E-state index contributed by atoms with van der Waals surface area (Å²) in [5, 5.41) is 6.93. The van der Waals surface area contributed by atoms with Crippen LogP contribution in [0.5, 0.6) is 0 Å². The monoisotopic (exact) mass is 541 g/mol. The molecule has 1 aliphatic carbocycles. The Morgan fingerprint density at radius 3 is 2.69 bits per heavy atom. The molecule has 0 fully saturated rings. The molecule has 1 heterocycles. The van der Waals surface area contributed by atoms with E-state index < -0.39 is 0 Å². The number of nitrogens with two attached hydrogens (primary N) is 1. The number of guanidine groups is 1. The van der Waals surface area contributed by atoms with Crippen molar-refractivity contribution in [1.82, 2.24) is 10.4 Å². The van der Waals surface area contributed by atoms with Gasteiger partial charge in [-0.2, -0.15) is 5.10 Å². The minimum absolute atomic E-state index is 0. The number of aromatic nitrogens is 1. The van der Waals surface area contributed by atoms with Crippen LogP contribution in [-0.4, -0.2) is 16.7 Å². The van der Waals surface area contributed by atoms with Gasteiger partial charge in [-0.1, -0.05) is 40.9 Å². The molecule has 0 aliphatic heterocycles. The number of hydrazone groups is 1. The summed E-state index contributed by atoms with van der Waals surface area (Å²) in [7, 11) is 0. The van der Waals surface area contributed by atoms with Crippen molar-refractivity contribution in [2.75, 3.05) is 0 Å². The maximum atomic E-state index is 6.17. The Labute approximate surface area is 196 Å². The summed E-state index contributed by atoms with van der Waals surface area (Å²) in [4.78, 5) is 7.81. The van der Waals surface area contributed by atoms with E-state index in [0.717, 1.165) is 41.7 Å². The number of fused-ring (bicyclic) bond motifs is 3. The molecule has 0 saturated heterocycles. The molecule has 0 bridgehead atoms. The average Bonchev–Trinajstić information content (AvgIpc) is 3.04. The Morgan fingerprint density at radius 2 is 1.93 bits per heavy atom. The van der Waals surface area contributed by atoms with E-state index in [9.17, 15) is 0 Å². The lowest BCUT2D eigenvalue weighted by atomic mass is 9.94. The van der Waals surface area contributed by atoms with E-state index in [1.807, 2.05) is 0 Å². The first-order chi connectivity index (χ1) is 13.5. The largest absolute Gasteiger partial charge is 0.369 e. The van der Waals surface area contributed by atoms with E-state index in [1.165, 1.54) is 16.5 Å². The van der Waals surface area contributed by atoms with Crippen molar-refractivity contribution in [3.05, 3.63) is 68.8 Å². The van der Waals surface area contributed by atoms with Gasteiger partial charge in [0.25, 0.3) is 0 Å². The number of hydrogen-bond acceptors (Lipinski definition) is 2. The number of nitrogens with zero attached hydrogens (tertiary/aromatic N) is 2. The highest BCUT2D eigenvalue weighted by Gasteiger charge is 2.20. The van der Waals surface area contributed by atoms with Crippen molar-refractivity contribution in [2.45, 2.75) is 32.7 Å². The maximum absolute atomic E-state index is 6.17. The summed E-state index contributed by atoms with van der Waals surface area (Å²) in [6.45, 7) is 2.40. The lowest BCUT2D eigenvalue weighted by molar-refractivity contribution is 0.827. The molecule has 0 unspecified atom stereocenters. The Kier molecular flexibility index (Phi) is 7.08. The van der Waals surface area contributed by atoms with Crippen LogP contribution < -0.4 is 11.2 Å². The zero-order valence-electron chi connectivity index (χ0n) is 15.9. The number of aryl methyl sites for hydroxylation is 2. The van der Waals surface area contributed by atoms with E-state index in [2.05, 4.69) is 45.6 Å². The van der Waals surface area contributed by atoms with Crippen molar-refractivity contribution < 1.29 is 0 Å². The van der Waals surface area contributed by atoms with Gasteiger partial charge >= 0.3 is 0 Å². The highest BCUT2D eigenvalue weighted by atomic mass is 127. The van der Waals surface area contributed by atoms with Crippen LogP contribution in [0.15, 0.2) is 46.5 Å². The van der Waals surface area contributed by atoms with Crippen LogP contribution >= 0.6 is 47.2 Å². The number of benzene rings is 2. The van der Waals surface area contributed by atoms with Gasteiger partial charge in [0, 0.05) is 26.5 Å². The van der Waals surface area contributed by atoms with Gasteiger partial charge in [-0.15, -0.1) is 24.0 Å². The molecule has 4 rings (SSSR count). The second kappa shape index (κ2) is 9.36. The van der Waals surface area contributed by atoms with E-state index >= 15 is 0 Å². The van der Waals surface area contributed by atoms with E-state index in [1.54, 1.807) is 18.2 Å². The third-order valence-corrected chi connectivity index (χ3v) is 5.67. The average molecular weight is 542 g/mol. The van der Waals surface area contributed by atoms with Crippen LogP contribution in [0.4, 0.5) is 0 Å². The number of H-pyrrole nitrogens is 1. The van der Waals surface area contributed by atoms with Crippen molar-refractivity contribution >= 4 is 69.8 Å². The molecule has 2 aromatic carbocycles. The Morgan fingerprint density at radius 1 is 1.17 bits per heavy atom. The van der Waals surface area contributed by atoms with Crippen molar-refractivity contribution in [2.24, 2.45) is 15.8 Å². The molecule has 5 nitrogen and oxygen atoms in total. The van der Waals surface area contributed by atoms with Gasteiger partial charge in [-0.3, -0.25) is 0 Å². The highest BCUT2D eigenvalue weighted by Crippen LogP contribution is 2.30. The number of aliphatic imine (C=N–C) groups is 1. The summed E-state index contributed by atoms with van der Waals surface area (Å²) >= 11 is 12.3. The van der Waals surface area contributed by atoms with Crippen molar-refractivity contribution in [1.29, 1.82) is 0 Å². The lowest BCUT2D eigenvalue weighted by Gasteiger charge is -2.14. The predicted molar refractivity (Wildman–Crippen MR) is 133 cm³/mol. The molecule has 29 heavy (non-hydrogen) atoms. The van der Waals surface area contributed by atoms with E-state index in [0.29, 0.717) is 16.6 Å². The summed E-state index contributed by atoms with van der Waals surface area (Å²) < 4.78 is 0. The summed E-state index contributed by atoms with van der Waals surface area (Å²) in [6, 6.07) is 11.8. The van der Waals surface area contributed by atoms with E-state index in [-0.39, 0.29) is 29.9 Å². The zero-order chi connectivity index (χ0) is 19.7. The van der Waals surface area contributed by atoms with Crippen LogP contribution in [-0.2, 0) is 13.0 Å². The predicted octanol–water partition coefficient (Wildman–Crippen LogP) is 5.55. The Hall–Kier alpha value is -1.77. The number of rotatable bonds is 3. The molecule has 8 heteroatoms. The summed E-state index contributed by atoms with van der Waals surface area (Å²) in [5.74, 6) is 0.225. The van der Waals surface area contributed by atoms with Crippen molar-refractivity contribution in [3.63, 3.8) is 0 Å². The number of halogens is 3. The number of aromatic amines is 1. The first kappa shape index (κ1) is 21.9. The minimum atomic E-state index is 0. The van der Waals surface area contributed by atoms with Gasteiger partial charge < -0.3 is 10.7 Å². The fourth-order valence-electron chi connectivity index (χ4n) is 3.54. The van der Waals surface area contributed by atoms with Crippen molar-refractivity contribution in [3.8, 4) is 0 Å². The number of hydrogen-bond donors (Lipinski definition) is 3. The van der Waals surface area contributed by atoms with Gasteiger partial charge in [0.2, 0.25) is 5.96 Å². The second-order valence-electron chi connectivity index (χ2n) is 6.95. The van der Waals surface area contributed by atoms with Crippen LogP contribution in [0, 0.1) is 6.92 Å². The third kappa shape index (κ3) is 4.70. The molecule has 0 spiro atoms. The van der Waals surface area contributed by atoms with Gasteiger partial charge in [-0.05, 0) is 56.0 Å². The van der Waals surface area contributed by atoms with Crippen LogP contribution in [0.2, 0.25) is 10.0 Å². The molecule has 1 aliphatic rings. The molecular weight excluding hydrogens is 520 g/mol. The first-order valence-corrected chi connectivity index (χ1v) is 9.95. The molecule has 3 aromatic rings. The lowest BCUT2D eigenvalue weighted by Crippen LogP contribution is -2.29. The van der Waals surface area contributed by atoms with Gasteiger partial charge in [0.15, 0.2) is 0 Å². The summed E-state index contributed by atoms with van der Waals surface area (Å²) in [6.07, 6.45) is 2.99. The molecule has 1 aromatic heterocycles. The number of nitrogens with one attached hydrogen (secondary N) is 2. The first-order valence-electron chi connectivity index (χ1n) is 9.20. The summed E-state index contributed by atoms with van der Waals surface area (Å²) in [5.41, 5.74) is 15.4. The van der Waals surface area contributed by atoms with Crippen LogP contribution in [0.25, 0.3) is 10.9 Å². The second-order valence-corrected chi connectivity index (χ2v) is 7.77. The minimum Gasteiger partial charge on any atom is -0.369 e. The van der Waals surface area contributed by atoms with Gasteiger partial charge in [0.1, 0.15) is 0 Å². The van der Waals surface area contributed by atoms with Gasteiger partial charge in [-0.25, -0.2) is 10.4 Å². The molecule has 0 amide bonds. The van der Waals surface area contributed by atoms with Gasteiger partial charge in [0.05, 0.1) is 18.0 Å². The highest BCUT2D eigenvalue weighted by molar-refractivity contribution is 14.0. The molecular formula is C21H22Cl2IN5. The normalized spacial score (nSPS) is 15.3. The third-order valence-electron chi connectivity index (χ3n) is 4.97. The molecule has 0 atom stereocenters. The quantitative estimate of drug-likeness (QED) is 0.176. The molecule has 0 saturated carbocycles. The van der Waals surface area contributed by atoms with Crippen LogP contribution in [0.3, 0.4) is 0 Å². The maximum Gasteiger partial charge on any atom is 0.209 e. The SMILES string of the molecule is Cc1ccc2[nH]c3c(c2c1)CCC/C3=N/NC(N)=NCc1c(Cl)cccc1Cl.I. The molecule has 152 valence electrons. The van der Waals surface area contributed by atoms with Crippen LogP contribution in [0.1, 0.15) is 35.2 Å².